The van der Waals surface area contributed by atoms with Gasteiger partial charge < -0.3 is 14.6 Å². The van der Waals surface area contributed by atoms with Gasteiger partial charge in [0, 0.05) is 43.6 Å². The van der Waals surface area contributed by atoms with Gasteiger partial charge in [0.05, 0.1) is 5.56 Å². The van der Waals surface area contributed by atoms with Crippen LogP contribution in [0.2, 0.25) is 0 Å². The standard InChI is InChI=1S/C17H22N4O2/c1-12(2)21-10-7-18-16(21)13-5-8-20(9-6-13)15-4-3-14(11-19-15)17(22)23/h3-4,7,10-13H,5-6,8-9H2,1-2H3,(H,22,23). The van der Waals surface area contributed by atoms with Crippen LogP contribution >= 0.6 is 0 Å². The number of anilines is 1. The summed E-state index contributed by atoms with van der Waals surface area (Å²) in [6.45, 7) is 6.17. The highest BCUT2D eigenvalue weighted by Crippen LogP contribution is 2.30. The van der Waals surface area contributed by atoms with Crippen LogP contribution < -0.4 is 4.90 Å². The Kier molecular flexibility index (Phi) is 4.32. The summed E-state index contributed by atoms with van der Waals surface area (Å²) in [5.74, 6) is 1.56. The number of hydrogen-bond donors (Lipinski definition) is 1. The summed E-state index contributed by atoms with van der Waals surface area (Å²) in [6.07, 6.45) is 7.43. The molecule has 23 heavy (non-hydrogen) atoms. The molecular formula is C17H22N4O2. The summed E-state index contributed by atoms with van der Waals surface area (Å²) in [6, 6.07) is 3.83. The molecule has 6 nitrogen and oxygen atoms in total. The van der Waals surface area contributed by atoms with E-state index in [0.29, 0.717) is 12.0 Å². The molecule has 0 unspecified atom stereocenters. The summed E-state index contributed by atoms with van der Waals surface area (Å²) in [4.78, 5) is 21.9. The molecule has 0 aromatic carbocycles. The first-order chi connectivity index (χ1) is 11.1. The number of nitrogens with zero attached hydrogens (tertiary/aromatic N) is 4. The van der Waals surface area contributed by atoms with E-state index in [-0.39, 0.29) is 5.56 Å². The molecule has 0 bridgehead atoms. The van der Waals surface area contributed by atoms with Crippen molar-refractivity contribution in [2.75, 3.05) is 18.0 Å². The second-order valence-electron chi connectivity index (χ2n) is 6.26. The lowest BCUT2D eigenvalue weighted by atomic mass is 9.95. The maximum Gasteiger partial charge on any atom is 0.337 e. The molecule has 2 aromatic rings. The first-order valence-corrected chi connectivity index (χ1v) is 8.03. The predicted molar refractivity (Wildman–Crippen MR) is 88.0 cm³/mol. The van der Waals surface area contributed by atoms with E-state index in [1.54, 1.807) is 12.1 Å². The number of imidazole rings is 1. The fourth-order valence-corrected chi connectivity index (χ4v) is 3.14. The van der Waals surface area contributed by atoms with Gasteiger partial charge in [-0.25, -0.2) is 14.8 Å². The van der Waals surface area contributed by atoms with Crippen LogP contribution in [0.5, 0.6) is 0 Å². The Balaban J connectivity index is 1.66. The molecule has 3 heterocycles. The molecule has 3 rings (SSSR count). The summed E-state index contributed by atoms with van der Waals surface area (Å²) in [5.41, 5.74) is 0.225. The Morgan fingerprint density at radius 3 is 2.57 bits per heavy atom. The van der Waals surface area contributed by atoms with Crippen molar-refractivity contribution in [1.82, 2.24) is 14.5 Å². The van der Waals surface area contributed by atoms with Crippen LogP contribution in [-0.4, -0.2) is 38.7 Å². The number of hydrogen-bond acceptors (Lipinski definition) is 4. The molecule has 0 aliphatic carbocycles. The highest BCUT2D eigenvalue weighted by atomic mass is 16.4. The maximum atomic E-state index is 10.9. The predicted octanol–water partition coefficient (Wildman–Crippen LogP) is 2.94. The average molecular weight is 314 g/mol. The molecule has 0 saturated carbocycles. The van der Waals surface area contributed by atoms with Gasteiger partial charge in [0.15, 0.2) is 0 Å². The van der Waals surface area contributed by atoms with Crippen molar-refractivity contribution in [3.63, 3.8) is 0 Å². The highest BCUT2D eigenvalue weighted by Gasteiger charge is 2.25. The van der Waals surface area contributed by atoms with Crippen molar-refractivity contribution in [3.8, 4) is 0 Å². The van der Waals surface area contributed by atoms with E-state index in [9.17, 15) is 4.79 Å². The molecule has 1 aliphatic heterocycles. The number of aromatic carboxylic acids is 1. The Labute approximate surface area is 135 Å². The first kappa shape index (κ1) is 15.5. The molecule has 1 fully saturated rings. The van der Waals surface area contributed by atoms with Crippen molar-refractivity contribution in [3.05, 3.63) is 42.1 Å². The lowest BCUT2D eigenvalue weighted by Gasteiger charge is -2.33. The van der Waals surface area contributed by atoms with Crippen molar-refractivity contribution in [2.24, 2.45) is 0 Å². The fourth-order valence-electron chi connectivity index (χ4n) is 3.14. The van der Waals surface area contributed by atoms with Gasteiger partial charge in [-0.1, -0.05) is 0 Å². The van der Waals surface area contributed by atoms with Crippen LogP contribution in [0.25, 0.3) is 0 Å². The van der Waals surface area contributed by atoms with E-state index >= 15 is 0 Å². The number of piperidine rings is 1. The van der Waals surface area contributed by atoms with Crippen LogP contribution in [0.1, 0.15) is 54.8 Å². The lowest BCUT2D eigenvalue weighted by Crippen LogP contribution is -2.34. The maximum absolute atomic E-state index is 10.9. The fraction of sp³-hybridized carbons (Fsp3) is 0.471. The second kappa shape index (κ2) is 6.40. The van der Waals surface area contributed by atoms with Gasteiger partial charge in [-0.15, -0.1) is 0 Å². The van der Waals surface area contributed by atoms with E-state index in [4.69, 9.17) is 5.11 Å². The zero-order valence-electron chi connectivity index (χ0n) is 13.5. The van der Waals surface area contributed by atoms with Crippen molar-refractivity contribution in [1.29, 1.82) is 0 Å². The van der Waals surface area contributed by atoms with Gasteiger partial charge in [-0.05, 0) is 38.8 Å². The number of pyridine rings is 1. The molecule has 0 spiro atoms. The molecule has 0 atom stereocenters. The van der Waals surface area contributed by atoms with Crippen LogP contribution in [0.4, 0.5) is 5.82 Å². The molecule has 2 aromatic heterocycles. The summed E-state index contributed by atoms with van der Waals surface area (Å²) < 4.78 is 2.25. The molecule has 6 heteroatoms. The monoisotopic (exact) mass is 314 g/mol. The zero-order chi connectivity index (χ0) is 16.4. The number of carboxylic acid groups (broad SMARTS) is 1. The SMILES string of the molecule is CC(C)n1ccnc1C1CCN(c2ccc(C(=O)O)cn2)CC1. The van der Waals surface area contributed by atoms with E-state index in [1.165, 1.54) is 12.0 Å². The number of aromatic nitrogens is 3. The molecule has 0 radical (unpaired) electrons. The van der Waals surface area contributed by atoms with Gasteiger partial charge in [-0.3, -0.25) is 0 Å². The van der Waals surface area contributed by atoms with E-state index in [1.807, 2.05) is 6.20 Å². The molecular weight excluding hydrogens is 292 g/mol. The highest BCUT2D eigenvalue weighted by molar-refractivity contribution is 5.87. The van der Waals surface area contributed by atoms with Crippen LogP contribution in [0.3, 0.4) is 0 Å². The Hall–Kier alpha value is -2.37. The molecule has 1 aliphatic rings. The number of carboxylic acids is 1. The molecule has 122 valence electrons. The van der Waals surface area contributed by atoms with Crippen LogP contribution in [0.15, 0.2) is 30.7 Å². The second-order valence-corrected chi connectivity index (χ2v) is 6.26. The normalized spacial score (nSPS) is 16.0. The minimum absolute atomic E-state index is 0.225. The number of carbonyl (C=O) groups is 1. The molecule has 1 N–H and O–H groups in total. The minimum Gasteiger partial charge on any atom is -0.478 e. The van der Waals surface area contributed by atoms with Crippen molar-refractivity contribution in [2.45, 2.75) is 38.6 Å². The van der Waals surface area contributed by atoms with Crippen LogP contribution in [-0.2, 0) is 0 Å². The average Bonchev–Trinajstić information content (AvgIpc) is 3.05. The summed E-state index contributed by atoms with van der Waals surface area (Å²) >= 11 is 0. The van der Waals surface area contributed by atoms with Crippen molar-refractivity contribution < 1.29 is 9.90 Å². The van der Waals surface area contributed by atoms with E-state index in [2.05, 4.69) is 39.5 Å². The lowest BCUT2D eigenvalue weighted by molar-refractivity contribution is 0.0696. The first-order valence-electron chi connectivity index (χ1n) is 8.03. The third kappa shape index (κ3) is 3.21. The van der Waals surface area contributed by atoms with E-state index < -0.39 is 5.97 Å². The van der Waals surface area contributed by atoms with Gasteiger partial charge >= 0.3 is 5.97 Å². The van der Waals surface area contributed by atoms with Gasteiger partial charge in [0.25, 0.3) is 0 Å². The summed E-state index contributed by atoms with van der Waals surface area (Å²) in [7, 11) is 0. The van der Waals surface area contributed by atoms with E-state index in [0.717, 1.165) is 31.7 Å². The summed E-state index contributed by atoms with van der Waals surface area (Å²) in [5, 5.41) is 8.93. The van der Waals surface area contributed by atoms with Gasteiger partial charge in [0.2, 0.25) is 0 Å². The minimum atomic E-state index is -0.941. The Bertz CT molecular complexity index is 670. The molecule has 1 saturated heterocycles. The third-order valence-corrected chi connectivity index (χ3v) is 4.43. The van der Waals surface area contributed by atoms with Crippen molar-refractivity contribution >= 4 is 11.8 Å². The van der Waals surface area contributed by atoms with Crippen LogP contribution in [0, 0.1) is 0 Å². The third-order valence-electron chi connectivity index (χ3n) is 4.43. The Morgan fingerprint density at radius 2 is 2.00 bits per heavy atom. The zero-order valence-corrected chi connectivity index (χ0v) is 13.5. The largest absolute Gasteiger partial charge is 0.478 e. The van der Waals surface area contributed by atoms with Gasteiger partial charge in [0.1, 0.15) is 11.6 Å². The molecule has 0 amide bonds. The topological polar surface area (TPSA) is 71.2 Å². The Morgan fingerprint density at radius 1 is 1.26 bits per heavy atom. The van der Waals surface area contributed by atoms with Gasteiger partial charge in [-0.2, -0.15) is 0 Å². The smallest absolute Gasteiger partial charge is 0.337 e. The quantitative estimate of drug-likeness (QED) is 0.939. The number of rotatable bonds is 4.